The van der Waals surface area contributed by atoms with Crippen molar-refractivity contribution in [1.29, 1.82) is 0 Å². The zero-order valence-corrected chi connectivity index (χ0v) is 15.5. The van der Waals surface area contributed by atoms with Gasteiger partial charge in [-0.15, -0.1) is 0 Å². The quantitative estimate of drug-likeness (QED) is 0.575. The van der Waals surface area contributed by atoms with Crippen LogP contribution in [0.3, 0.4) is 0 Å². The molecule has 24 heavy (non-hydrogen) atoms. The van der Waals surface area contributed by atoms with E-state index in [1.807, 2.05) is 11.8 Å². The molecule has 6 nitrogen and oxygen atoms in total. The molecule has 1 rings (SSSR count). The Kier molecular flexibility index (Phi) is 6.92. The summed E-state index contributed by atoms with van der Waals surface area (Å²) in [6.45, 7) is 5.87. The van der Waals surface area contributed by atoms with E-state index >= 15 is 0 Å². The molecule has 1 heterocycles. The molecule has 1 saturated heterocycles. The minimum absolute atomic E-state index is 0.0401. The van der Waals surface area contributed by atoms with E-state index in [1.165, 1.54) is 7.05 Å². The van der Waals surface area contributed by atoms with Crippen LogP contribution in [0, 0.1) is 0 Å². The summed E-state index contributed by atoms with van der Waals surface area (Å²) in [5.41, 5.74) is 0. The van der Waals surface area contributed by atoms with E-state index in [0.29, 0.717) is 25.6 Å². The Morgan fingerprint density at radius 1 is 1.38 bits per heavy atom. The molecular weight excluding hydrogens is 345 g/mol. The van der Waals surface area contributed by atoms with Gasteiger partial charge in [0.1, 0.15) is 0 Å². The Morgan fingerprint density at radius 3 is 2.50 bits per heavy atom. The highest BCUT2D eigenvalue weighted by molar-refractivity contribution is 7.92. The number of nitrogens with one attached hydrogen (secondary N) is 1. The van der Waals surface area contributed by atoms with Crippen LogP contribution in [-0.2, 0) is 9.84 Å². The van der Waals surface area contributed by atoms with Crippen LogP contribution in [0.4, 0.5) is 13.2 Å². The molecule has 0 aliphatic carbocycles. The monoisotopic (exact) mass is 372 g/mol. The molecule has 1 aliphatic rings. The molecule has 0 bridgehead atoms. The van der Waals surface area contributed by atoms with Crippen molar-refractivity contribution >= 4 is 15.8 Å². The predicted molar refractivity (Wildman–Crippen MR) is 89.0 cm³/mol. The van der Waals surface area contributed by atoms with Gasteiger partial charge in [-0.25, -0.2) is 8.42 Å². The maximum atomic E-state index is 12.3. The van der Waals surface area contributed by atoms with Gasteiger partial charge in [0.2, 0.25) is 0 Å². The van der Waals surface area contributed by atoms with Crippen LogP contribution in [-0.4, -0.2) is 87.2 Å². The Bertz CT molecular complexity index is 547. The fourth-order valence-electron chi connectivity index (χ4n) is 2.46. The van der Waals surface area contributed by atoms with Gasteiger partial charge < -0.3 is 10.2 Å². The summed E-state index contributed by atoms with van der Waals surface area (Å²) in [5.74, 6) is 0.583. The van der Waals surface area contributed by atoms with Gasteiger partial charge in [-0.05, 0) is 27.8 Å². The van der Waals surface area contributed by atoms with Gasteiger partial charge in [0, 0.05) is 26.2 Å². The summed E-state index contributed by atoms with van der Waals surface area (Å²) < 4.78 is 60.2. The van der Waals surface area contributed by atoms with E-state index in [1.54, 1.807) is 13.8 Å². The van der Waals surface area contributed by atoms with Gasteiger partial charge in [-0.2, -0.15) is 13.2 Å². The van der Waals surface area contributed by atoms with Crippen LogP contribution in [0.25, 0.3) is 0 Å². The van der Waals surface area contributed by atoms with E-state index in [4.69, 9.17) is 0 Å². The summed E-state index contributed by atoms with van der Waals surface area (Å²) in [6.07, 6.45) is -4.23. The first-order valence-electron chi connectivity index (χ1n) is 7.89. The van der Waals surface area contributed by atoms with Crippen molar-refractivity contribution in [3.63, 3.8) is 0 Å². The molecule has 0 saturated carbocycles. The number of aliphatic imine (C=N–C) groups is 1. The van der Waals surface area contributed by atoms with Gasteiger partial charge >= 0.3 is 6.18 Å². The van der Waals surface area contributed by atoms with Gasteiger partial charge in [-0.1, -0.05) is 0 Å². The lowest BCUT2D eigenvalue weighted by Crippen LogP contribution is -2.57. The topological polar surface area (TPSA) is 65.0 Å². The number of rotatable bonds is 5. The summed E-state index contributed by atoms with van der Waals surface area (Å²) >= 11 is 0. The number of sulfone groups is 1. The smallest absolute Gasteiger partial charge is 0.357 e. The molecule has 10 heteroatoms. The number of guanidine groups is 1. The number of hydrogen-bond donors (Lipinski definition) is 1. The minimum atomic E-state index is -4.23. The third-order valence-corrected chi connectivity index (χ3v) is 6.40. The molecule has 0 unspecified atom stereocenters. The SMILES string of the molecule is CCNC(=NCCN(C)CC(F)(F)F)N1CCS(=O)(=O)C(C)(C)C1. The Labute approximate surface area is 142 Å². The molecule has 1 N–H and O–H groups in total. The van der Waals surface area contributed by atoms with Crippen molar-refractivity contribution in [2.45, 2.75) is 31.7 Å². The molecule has 1 aliphatic heterocycles. The number of likely N-dealkylation sites (N-methyl/N-ethyl adjacent to an activating group) is 1. The summed E-state index contributed by atoms with van der Waals surface area (Å²) in [5, 5.41) is 3.08. The van der Waals surface area contributed by atoms with Gasteiger partial charge in [0.15, 0.2) is 15.8 Å². The van der Waals surface area contributed by atoms with E-state index < -0.39 is 27.3 Å². The van der Waals surface area contributed by atoms with Crippen LogP contribution in [0.1, 0.15) is 20.8 Å². The van der Waals surface area contributed by atoms with Crippen molar-refractivity contribution in [1.82, 2.24) is 15.1 Å². The number of nitrogens with zero attached hydrogens (tertiary/aromatic N) is 3. The van der Waals surface area contributed by atoms with Crippen LogP contribution < -0.4 is 5.32 Å². The molecule has 1 fully saturated rings. The Morgan fingerprint density at radius 2 is 2.00 bits per heavy atom. The van der Waals surface area contributed by atoms with Crippen molar-refractivity contribution in [3.8, 4) is 0 Å². The lowest BCUT2D eigenvalue weighted by molar-refractivity contribution is -0.142. The fourth-order valence-corrected chi connectivity index (χ4v) is 3.83. The molecule has 0 spiro atoms. The molecule has 0 atom stereocenters. The predicted octanol–water partition coefficient (Wildman–Crippen LogP) is 0.955. The third-order valence-electron chi connectivity index (χ3n) is 3.87. The van der Waals surface area contributed by atoms with Crippen LogP contribution in [0.15, 0.2) is 4.99 Å². The van der Waals surface area contributed by atoms with E-state index in [-0.39, 0.29) is 18.8 Å². The normalized spacial score (nSPS) is 21.2. The first-order chi connectivity index (χ1) is 10.9. The maximum Gasteiger partial charge on any atom is 0.401 e. The number of hydrogen-bond acceptors (Lipinski definition) is 4. The summed E-state index contributed by atoms with van der Waals surface area (Å²) in [4.78, 5) is 7.37. The second kappa shape index (κ2) is 7.90. The number of halogens is 3. The van der Waals surface area contributed by atoms with E-state index in [9.17, 15) is 21.6 Å². The molecular formula is C14H27F3N4O2S. The lowest BCUT2D eigenvalue weighted by atomic mass is 10.2. The second-order valence-corrected chi connectivity index (χ2v) is 9.33. The average molecular weight is 372 g/mol. The second-order valence-electron chi connectivity index (χ2n) is 6.59. The zero-order valence-electron chi connectivity index (χ0n) is 14.7. The third kappa shape index (κ3) is 6.12. The molecule has 0 amide bonds. The van der Waals surface area contributed by atoms with Gasteiger partial charge in [-0.3, -0.25) is 9.89 Å². The molecule has 0 aromatic heterocycles. The molecule has 0 aromatic rings. The first kappa shape index (κ1) is 21.0. The van der Waals surface area contributed by atoms with Crippen LogP contribution in [0.5, 0.6) is 0 Å². The lowest BCUT2D eigenvalue weighted by Gasteiger charge is -2.39. The highest BCUT2D eigenvalue weighted by Gasteiger charge is 2.41. The highest BCUT2D eigenvalue weighted by Crippen LogP contribution is 2.23. The minimum Gasteiger partial charge on any atom is -0.357 e. The molecule has 142 valence electrons. The van der Waals surface area contributed by atoms with Crippen molar-refractivity contribution in [2.24, 2.45) is 4.99 Å². The Hall–Kier alpha value is -1.03. The Balaban J connectivity index is 2.70. The average Bonchev–Trinajstić information content (AvgIpc) is 2.39. The summed E-state index contributed by atoms with van der Waals surface area (Å²) in [7, 11) is -1.76. The van der Waals surface area contributed by atoms with Crippen LogP contribution in [0.2, 0.25) is 0 Å². The zero-order chi connectivity index (χ0) is 18.6. The number of alkyl halides is 3. The van der Waals surface area contributed by atoms with E-state index in [0.717, 1.165) is 4.90 Å². The van der Waals surface area contributed by atoms with Crippen molar-refractivity contribution in [2.75, 3.05) is 52.1 Å². The largest absolute Gasteiger partial charge is 0.401 e. The first-order valence-corrected chi connectivity index (χ1v) is 9.54. The maximum absolute atomic E-state index is 12.3. The van der Waals surface area contributed by atoms with Crippen molar-refractivity contribution in [3.05, 3.63) is 0 Å². The van der Waals surface area contributed by atoms with Gasteiger partial charge in [0.25, 0.3) is 0 Å². The van der Waals surface area contributed by atoms with E-state index in [2.05, 4.69) is 10.3 Å². The molecule has 0 radical (unpaired) electrons. The summed E-state index contributed by atoms with van der Waals surface area (Å²) in [6, 6.07) is 0. The van der Waals surface area contributed by atoms with Gasteiger partial charge in [0.05, 0.1) is 23.6 Å². The fraction of sp³-hybridized carbons (Fsp3) is 0.929. The molecule has 0 aromatic carbocycles. The highest BCUT2D eigenvalue weighted by atomic mass is 32.2. The van der Waals surface area contributed by atoms with Crippen LogP contribution >= 0.6 is 0 Å². The van der Waals surface area contributed by atoms with Crippen molar-refractivity contribution < 1.29 is 21.6 Å². The standard InChI is InChI=1S/C14H27F3N4O2S/c1-5-18-12(19-6-7-20(4)11-14(15,16)17)21-8-9-24(22,23)13(2,3)10-21/h5-11H2,1-4H3,(H,18,19).